The molecule has 7 nitrogen and oxygen atoms in total. The monoisotopic (exact) mass is 434 g/mol. The number of fused-ring (bicyclic) bond motifs is 1. The number of nitrogens with zero attached hydrogens (tertiary/aromatic N) is 3. The smallest absolute Gasteiger partial charge is 0.272 e. The summed E-state index contributed by atoms with van der Waals surface area (Å²) in [6, 6.07) is 14.7. The van der Waals surface area contributed by atoms with E-state index in [0.29, 0.717) is 28.5 Å². The Bertz CT molecular complexity index is 1380. The number of nitrogens with one attached hydrogen (secondary N) is 1. The van der Waals surface area contributed by atoms with Gasteiger partial charge in [0.25, 0.3) is 5.69 Å². The molecule has 0 spiro atoms. The summed E-state index contributed by atoms with van der Waals surface area (Å²) in [7, 11) is 0. The molecule has 0 atom stereocenters. The second kappa shape index (κ2) is 8.46. The largest absolute Gasteiger partial charge is 0.457 e. The summed E-state index contributed by atoms with van der Waals surface area (Å²) in [5, 5.41) is 20.8. The fourth-order valence-electron chi connectivity index (χ4n) is 3.39. The number of hydrogen-bond acceptors (Lipinski definition) is 5. The fourth-order valence-corrected chi connectivity index (χ4v) is 3.39. The quantitative estimate of drug-likeness (QED) is 0.235. The second-order valence-corrected chi connectivity index (χ2v) is 7.12. The number of rotatable bonds is 4. The third kappa shape index (κ3) is 4.06. The first-order chi connectivity index (χ1) is 14.4. The van der Waals surface area contributed by atoms with Crippen molar-refractivity contribution in [3.8, 4) is 17.4 Å². The molecule has 0 aliphatic carbocycles. The molecule has 1 N–H and O–H groups in total. The van der Waals surface area contributed by atoms with Gasteiger partial charge in [-0.25, -0.2) is 4.98 Å². The van der Waals surface area contributed by atoms with Crippen molar-refractivity contribution in [1.82, 2.24) is 9.97 Å². The Morgan fingerprint density at radius 2 is 1.94 bits per heavy atom. The molecule has 0 unspecified atom stereocenters. The van der Waals surface area contributed by atoms with Gasteiger partial charge >= 0.3 is 0 Å². The number of furan rings is 1. The van der Waals surface area contributed by atoms with E-state index in [1.54, 1.807) is 31.2 Å². The molecular formula is C23H19ClN4O3. The number of aromatic amines is 1. The fraction of sp³-hybridized carbons (Fsp3) is 0.130. The lowest BCUT2D eigenvalue weighted by molar-refractivity contribution is -0.385. The van der Waals surface area contributed by atoms with Crippen LogP contribution in [0.3, 0.4) is 0 Å². The summed E-state index contributed by atoms with van der Waals surface area (Å²) in [6.07, 6.45) is 1.63. The first-order valence-corrected chi connectivity index (χ1v) is 9.30. The minimum Gasteiger partial charge on any atom is -0.457 e. The van der Waals surface area contributed by atoms with E-state index in [1.807, 2.05) is 32.0 Å². The van der Waals surface area contributed by atoms with Gasteiger partial charge in [-0.3, -0.25) is 10.1 Å². The van der Waals surface area contributed by atoms with Gasteiger partial charge in [0.15, 0.2) is 0 Å². The predicted octanol–water partition coefficient (Wildman–Crippen LogP) is 6.14. The standard InChI is InChI=1S/C23H18N4O3.ClH/c1-13-4-7-19-20(10-13)26-23(25-19)16(12-24)11-17-5-9-22(30-17)18-6-8-21(27(28)29)15(3)14(18)2;/h4-11H,1-3H3,(H,25,26);1H/b16-11+;. The highest BCUT2D eigenvalue weighted by molar-refractivity contribution is 5.90. The average molecular weight is 435 g/mol. The molecule has 2 aromatic heterocycles. The first kappa shape index (κ1) is 21.8. The van der Waals surface area contributed by atoms with E-state index in [0.717, 1.165) is 27.7 Å². The van der Waals surface area contributed by atoms with Crippen molar-refractivity contribution in [1.29, 1.82) is 5.26 Å². The molecule has 0 aliphatic rings. The van der Waals surface area contributed by atoms with Gasteiger partial charge in [-0.1, -0.05) is 6.07 Å². The van der Waals surface area contributed by atoms with Crippen LogP contribution in [0.25, 0.3) is 34.0 Å². The zero-order valence-electron chi connectivity index (χ0n) is 17.1. The summed E-state index contributed by atoms with van der Waals surface area (Å²) in [5.41, 5.74) is 5.33. The third-order valence-corrected chi connectivity index (χ3v) is 5.15. The zero-order chi connectivity index (χ0) is 21.4. The van der Waals surface area contributed by atoms with Crippen LogP contribution in [0.5, 0.6) is 0 Å². The highest BCUT2D eigenvalue weighted by atomic mass is 35.5. The average Bonchev–Trinajstić information content (AvgIpc) is 3.34. The van der Waals surface area contributed by atoms with Crippen LogP contribution in [0.1, 0.15) is 28.3 Å². The van der Waals surface area contributed by atoms with Crippen LogP contribution < -0.4 is 0 Å². The molecule has 31 heavy (non-hydrogen) atoms. The Balaban J connectivity index is 0.00000272. The molecule has 0 bridgehead atoms. The van der Waals surface area contributed by atoms with Crippen LogP contribution >= 0.6 is 12.4 Å². The molecule has 0 amide bonds. The highest BCUT2D eigenvalue weighted by Gasteiger charge is 2.17. The number of aromatic nitrogens is 2. The molecule has 0 aliphatic heterocycles. The maximum atomic E-state index is 11.1. The summed E-state index contributed by atoms with van der Waals surface area (Å²) in [6.45, 7) is 5.54. The molecule has 156 valence electrons. The number of allylic oxidation sites excluding steroid dienone is 1. The number of benzene rings is 2. The van der Waals surface area contributed by atoms with E-state index in [-0.39, 0.29) is 18.1 Å². The van der Waals surface area contributed by atoms with Gasteiger partial charge in [-0.15, -0.1) is 12.4 Å². The number of aryl methyl sites for hydroxylation is 1. The second-order valence-electron chi connectivity index (χ2n) is 7.12. The van der Waals surface area contributed by atoms with E-state index in [4.69, 9.17) is 4.42 Å². The van der Waals surface area contributed by atoms with E-state index in [9.17, 15) is 15.4 Å². The summed E-state index contributed by atoms with van der Waals surface area (Å²) >= 11 is 0. The number of nitriles is 1. The molecule has 4 aromatic rings. The lowest BCUT2D eigenvalue weighted by Gasteiger charge is -2.06. The van der Waals surface area contributed by atoms with Crippen LogP contribution in [-0.4, -0.2) is 14.9 Å². The molecular weight excluding hydrogens is 416 g/mol. The first-order valence-electron chi connectivity index (χ1n) is 9.30. The van der Waals surface area contributed by atoms with Gasteiger partial charge in [0.1, 0.15) is 23.4 Å². The van der Waals surface area contributed by atoms with Gasteiger partial charge < -0.3 is 9.40 Å². The van der Waals surface area contributed by atoms with Gasteiger partial charge in [0.2, 0.25) is 0 Å². The van der Waals surface area contributed by atoms with Crippen LogP contribution in [0.4, 0.5) is 5.69 Å². The van der Waals surface area contributed by atoms with E-state index >= 15 is 0 Å². The Hall–Kier alpha value is -3.89. The lowest BCUT2D eigenvalue weighted by Crippen LogP contribution is -1.95. The summed E-state index contributed by atoms with van der Waals surface area (Å²) in [4.78, 5) is 18.4. The zero-order valence-corrected chi connectivity index (χ0v) is 17.9. The van der Waals surface area contributed by atoms with Crippen molar-refractivity contribution < 1.29 is 9.34 Å². The molecule has 0 saturated heterocycles. The highest BCUT2D eigenvalue weighted by Crippen LogP contribution is 2.32. The minimum absolute atomic E-state index is 0. The lowest BCUT2D eigenvalue weighted by atomic mass is 10.00. The van der Waals surface area contributed by atoms with E-state index in [1.165, 1.54) is 6.07 Å². The number of imidazole rings is 1. The van der Waals surface area contributed by atoms with Crippen LogP contribution in [-0.2, 0) is 0 Å². The van der Waals surface area contributed by atoms with Crippen LogP contribution in [0.2, 0.25) is 0 Å². The maximum Gasteiger partial charge on any atom is 0.272 e. The van der Waals surface area contributed by atoms with Crippen molar-refractivity contribution in [2.45, 2.75) is 20.8 Å². The number of nitro benzene ring substituents is 1. The SMILES string of the molecule is Cc1ccc2nc(/C(C#N)=C/c3ccc(-c4ccc([N+](=O)[O-])c(C)c4C)o3)[nH]c2c1.Cl. The minimum atomic E-state index is -0.392. The van der Waals surface area contributed by atoms with Gasteiger partial charge in [-0.2, -0.15) is 5.26 Å². The van der Waals surface area contributed by atoms with Crippen LogP contribution in [0, 0.1) is 42.2 Å². The molecule has 0 radical (unpaired) electrons. The summed E-state index contributed by atoms with van der Waals surface area (Å²) in [5.74, 6) is 1.54. The van der Waals surface area contributed by atoms with Crippen molar-refractivity contribution >= 4 is 40.8 Å². The van der Waals surface area contributed by atoms with Crippen molar-refractivity contribution in [3.05, 3.63) is 80.9 Å². The molecule has 8 heteroatoms. The van der Waals surface area contributed by atoms with Gasteiger partial charge in [0, 0.05) is 23.3 Å². The Kier molecular flexibility index (Phi) is 5.95. The number of nitro groups is 1. The molecule has 2 heterocycles. The third-order valence-electron chi connectivity index (χ3n) is 5.15. The molecule has 0 fully saturated rings. The topological polar surface area (TPSA) is 109 Å². The van der Waals surface area contributed by atoms with Crippen molar-refractivity contribution in [2.75, 3.05) is 0 Å². The molecule has 4 rings (SSSR count). The van der Waals surface area contributed by atoms with Crippen LogP contribution in [0.15, 0.2) is 46.9 Å². The number of hydrogen-bond donors (Lipinski definition) is 1. The number of H-pyrrole nitrogens is 1. The molecule has 0 saturated carbocycles. The van der Waals surface area contributed by atoms with E-state index < -0.39 is 4.92 Å². The normalized spacial score (nSPS) is 11.2. The summed E-state index contributed by atoms with van der Waals surface area (Å²) < 4.78 is 5.91. The number of halogens is 1. The van der Waals surface area contributed by atoms with E-state index in [2.05, 4.69) is 16.0 Å². The Morgan fingerprint density at radius 3 is 2.65 bits per heavy atom. The van der Waals surface area contributed by atoms with Crippen molar-refractivity contribution in [2.24, 2.45) is 0 Å². The van der Waals surface area contributed by atoms with Crippen molar-refractivity contribution in [3.63, 3.8) is 0 Å². The van der Waals surface area contributed by atoms with Gasteiger partial charge in [0.05, 0.1) is 21.5 Å². The van der Waals surface area contributed by atoms with Gasteiger partial charge in [-0.05, 0) is 62.2 Å². The Morgan fingerprint density at radius 1 is 1.16 bits per heavy atom. The Labute approximate surface area is 184 Å². The maximum absolute atomic E-state index is 11.1. The predicted molar refractivity (Wildman–Crippen MR) is 122 cm³/mol. The molecule has 2 aromatic carbocycles.